The van der Waals surface area contributed by atoms with E-state index in [1.54, 1.807) is 4.52 Å². The molecule has 0 saturated carbocycles. The third kappa shape index (κ3) is 3.71. The van der Waals surface area contributed by atoms with Crippen LogP contribution in [0.1, 0.15) is 28.0 Å². The van der Waals surface area contributed by atoms with Crippen molar-refractivity contribution in [2.24, 2.45) is 0 Å². The van der Waals surface area contributed by atoms with Crippen molar-refractivity contribution in [2.45, 2.75) is 19.9 Å². The van der Waals surface area contributed by atoms with Crippen molar-refractivity contribution in [3.05, 3.63) is 70.6 Å². The second-order valence-corrected chi connectivity index (χ2v) is 7.39. The van der Waals surface area contributed by atoms with Gasteiger partial charge in [0.05, 0.1) is 25.0 Å². The van der Waals surface area contributed by atoms with Gasteiger partial charge in [0.2, 0.25) is 4.96 Å². The van der Waals surface area contributed by atoms with E-state index in [2.05, 4.69) is 10.4 Å². The number of nitrogens with one attached hydrogen (secondary N) is 1. The summed E-state index contributed by atoms with van der Waals surface area (Å²) in [7, 11) is 1.38. The summed E-state index contributed by atoms with van der Waals surface area (Å²) in [5.41, 5.74) is 2.72. The largest absolute Gasteiger partial charge is 0.494 e. The molecule has 0 aliphatic rings. The maximum Gasteiger partial charge on any atom is 0.251 e. The Morgan fingerprint density at radius 3 is 2.72 bits per heavy atom. The minimum atomic E-state index is -0.580. The number of aromatic nitrogens is 3. The highest BCUT2D eigenvalue weighted by molar-refractivity contribution is 7.16. The first kappa shape index (κ1) is 19.1. The number of rotatable bonds is 6. The monoisotopic (exact) mass is 410 g/mol. The Hall–Kier alpha value is -3.26. The van der Waals surface area contributed by atoms with E-state index in [0.29, 0.717) is 0 Å². The maximum atomic E-state index is 13.9. The predicted molar refractivity (Wildman–Crippen MR) is 110 cm³/mol. The predicted octanol–water partition coefficient (Wildman–Crippen LogP) is 4.10. The molecule has 0 aliphatic heterocycles. The number of imidazole rings is 1. The number of methoxy groups -OCH3 is 1. The number of ether oxygens (including phenoxy) is 1. The van der Waals surface area contributed by atoms with Crippen LogP contribution < -0.4 is 10.1 Å². The normalized spacial score (nSPS) is 11.0. The van der Waals surface area contributed by atoms with Gasteiger partial charge in [-0.1, -0.05) is 48.6 Å². The second kappa shape index (κ2) is 8.00. The van der Waals surface area contributed by atoms with Gasteiger partial charge in [0, 0.05) is 11.1 Å². The molecule has 0 saturated heterocycles. The van der Waals surface area contributed by atoms with Crippen molar-refractivity contribution in [3.8, 4) is 17.0 Å². The molecule has 0 aliphatic carbocycles. The molecule has 29 heavy (non-hydrogen) atoms. The average molecular weight is 410 g/mol. The van der Waals surface area contributed by atoms with Gasteiger partial charge in [-0.05, 0) is 24.6 Å². The van der Waals surface area contributed by atoms with Crippen molar-refractivity contribution in [1.29, 1.82) is 0 Å². The fourth-order valence-electron chi connectivity index (χ4n) is 3.03. The van der Waals surface area contributed by atoms with Gasteiger partial charge in [-0.25, -0.2) is 13.9 Å². The summed E-state index contributed by atoms with van der Waals surface area (Å²) < 4.78 is 20.6. The van der Waals surface area contributed by atoms with Gasteiger partial charge < -0.3 is 10.1 Å². The van der Waals surface area contributed by atoms with Crippen LogP contribution >= 0.6 is 11.3 Å². The average Bonchev–Trinajstić information content (AvgIpc) is 3.30. The topological polar surface area (TPSA) is 68.5 Å². The lowest BCUT2D eigenvalue weighted by atomic mass is 10.1. The molecule has 148 valence electrons. The first-order valence-corrected chi connectivity index (χ1v) is 9.96. The van der Waals surface area contributed by atoms with Gasteiger partial charge in [-0.2, -0.15) is 5.10 Å². The smallest absolute Gasteiger partial charge is 0.251 e. The lowest BCUT2D eigenvalue weighted by Crippen LogP contribution is -2.24. The van der Waals surface area contributed by atoms with Crippen LogP contribution in [0, 0.1) is 5.82 Å². The highest BCUT2D eigenvalue weighted by Crippen LogP contribution is 2.27. The minimum Gasteiger partial charge on any atom is -0.494 e. The maximum absolute atomic E-state index is 13.9. The molecule has 1 N–H and O–H groups in total. The van der Waals surface area contributed by atoms with Gasteiger partial charge >= 0.3 is 0 Å². The van der Waals surface area contributed by atoms with E-state index in [4.69, 9.17) is 9.72 Å². The molecule has 4 aromatic rings. The van der Waals surface area contributed by atoms with E-state index in [-0.39, 0.29) is 23.8 Å². The molecule has 2 aromatic carbocycles. The van der Waals surface area contributed by atoms with Gasteiger partial charge in [-0.15, -0.1) is 0 Å². The van der Waals surface area contributed by atoms with Crippen LogP contribution in [-0.4, -0.2) is 27.6 Å². The Kier molecular flexibility index (Phi) is 5.26. The molecule has 4 rings (SSSR count). The summed E-state index contributed by atoms with van der Waals surface area (Å²) in [4.78, 5) is 18.1. The molecular formula is C21H19FN4O2S. The van der Waals surface area contributed by atoms with Gasteiger partial charge in [-0.3, -0.25) is 4.79 Å². The van der Waals surface area contributed by atoms with Crippen molar-refractivity contribution >= 4 is 22.2 Å². The zero-order valence-electron chi connectivity index (χ0n) is 16.0. The van der Waals surface area contributed by atoms with E-state index in [1.165, 1.54) is 30.6 Å². The van der Waals surface area contributed by atoms with E-state index in [1.807, 2.05) is 37.3 Å². The van der Waals surface area contributed by atoms with Crippen molar-refractivity contribution in [1.82, 2.24) is 19.9 Å². The van der Waals surface area contributed by atoms with Crippen LogP contribution in [0.2, 0.25) is 0 Å². The number of benzene rings is 2. The van der Waals surface area contributed by atoms with Crippen molar-refractivity contribution in [3.63, 3.8) is 0 Å². The number of aryl methyl sites for hydroxylation is 1. The third-order valence-electron chi connectivity index (χ3n) is 4.52. The number of hydrogen-bond acceptors (Lipinski definition) is 5. The van der Waals surface area contributed by atoms with E-state index in [9.17, 15) is 9.18 Å². The molecule has 0 atom stereocenters. The Bertz CT molecular complexity index is 1170. The number of amides is 1. The molecule has 0 unspecified atom stereocenters. The van der Waals surface area contributed by atoms with E-state index < -0.39 is 5.82 Å². The summed E-state index contributed by atoms with van der Waals surface area (Å²) in [5, 5.41) is 8.43. The van der Waals surface area contributed by atoms with Gasteiger partial charge in [0.25, 0.3) is 5.91 Å². The zero-order chi connectivity index (χ0) is 20.4. The summed E-state index contributed by atoms with van der Waals surface area (Å²) in [6.45, 7) is 2.25. The minimum absolute atomic E-state index is 0.0972. The molecule has 0 radical (unpaired) electrons. The van der Waals surface area contributed by atoms with Crippen molar-refractivity contribution < 1.29 is 13.9 Å². The summed E-state index contributed by atoms with van der Waals surface area (Å²) in [5.74, 6) is -0.865. The highest BCUT2D eigenvalue weighted by Gasteiger charge is 2.19. The fourth-order valence-corrected chi connectivity index (χ4v) is 3.88. The molecule has 1 amide bonds. The lowest BCUT2D eigenvalue weighted by molar-refractivity contribution is 0.0950. The molecular weight excluding hydrogens is 391 g/mol. The zero-order valence-corrected chi connectivity index (χ0v) is 16.8. The molecule has 2 heterocycles. The Morgan fingerprint density at radius 1 is 1.24 bits per heavy atom. The van der Waals surface area contributed by atoms with Gasteiger partial charge in [0.15, 0.2) is 11.6 Å². The number of carbonyl (C=O) groups excluding carboxylic acids is 1. The number of nitrogens with zero attached hydrogens (tertiary/aromatic N) is 3. The van der Waals surface area contributed by atoms with Crippen LogP contribution in [0.4, 0.5) is 4.39 Å². The van der Waals surface area contributed by atoms with E-state index in [0.717, 1.165) is 39.4 Å². The Morgan fingerprint density at radius 2 is 2.03 bits per heavy atom. The van der Waals surface area contributed by atoms with Crippen LogP contribution in [-0.2, 0) is 13.0 Å². The number of fused-ring (bicyclic) bond motifs is 1. The SMILES string of the molecule is CCc1nn2c(CNC(=O)c3ccc(OC)c(F)c3)c(-c3ccccc3)nc2s1. The van der Waals surface area contributed by atoms with Crippen LogP contribution in [0.5, 0.6) is 5.75 Å². The molecule has 2 aromatic heterocycles. The first-order valence-electron chi connectivity index (χ1n) is 9.15. The highest BCUT2D eigenvalue weighted by atomic mass is 32.1. The lowest BCUT2D eigenvalue weighted by Gasteiger charge is -2.08. The standard InChI is InChI=1S/C21H19FN4O2S/c1-3-18-25-26-16(19(24-21(26)29-18)13-7-5-4-6-8-13)12-23-20(27)14-9-10-17(28-2)15(22)11-14/h4-11H,3,12H2,1-2H3,(H,23,27). The number of carbonyl (C=O) groups is 1. The van der Waals surface area contributed by atoms with Crippen LogP contribution in [0.25, 0.3) is 16.2 Å². The second-order valence-electron chi connectivity index (χ2n) is 6.35. The number of halogens is 1. The summed E-state index contributed by atoms with van der Waals surface area (Å²) >= 11 is 1.53. The van der Waals surface area contributed by atoms with Crippen molar-refractivity contribution in [2.75, 3.05) is 7.11 Å². The summed E-state index contributed by atoms with van der Waals surface area (Å²) in [6, 6.07) is 13.9. The summed E-state index contributed by atoms with van der Waals surface area (Å²) in [6.07, 6.45) is 0.811. The van der Waals surface area contributed by atoms with Crippen LogP contribution in [0.3, 0.4) is 0 Å². The third-order valence-corrected chi connectivity index (χ3v) is 5.57. The molecule has 6 nitrogen and oxygen atoms in total. The fraction of sp³-hybridized carbons (Fsp3) is 0.190. The molecule has 0 bridgehead atoms. The Balaban J connectivity index is 1.65. The van der Waals surface area contributed by atoms with Gasteiger partial charge in [0.1, 0.15) is 5.01 Å². The quantitative estimate of drug-likeness (QED) is 0.520. The first-order chi connectivity index (χ1) is 14.1. The van der Waals surface area contributed by atoms with E-state index >= 15 is 0 Å². The molecule has 0 fully saturated rings. The molecule has 0 spiro atoms. The van der Waals surface area contributed by atoms with Crippen LogP contribution in [0.15, 0.2) is 48.5 Å². The molecule has 8 heteroatoms. The Labute approximate surface area is 171 Å². The number of hydrogen-bond donors (Lipinski definition) is 1.